The molecule has 2 N–H and O–H groups in total. The maximum absolute atomic E-state index is 12.4. The first kappa shape index (κ1) is 16.6. The van der Waals surface area contributed by atoms with E-state index in [1.54, 1.807) is 19.2 Å². The number of aromatic nitrogens is 2. The second kappa shape index (κ2) is 6.12. The molecule has 0 fully saturated rings. The zero-order valence-electron chi connectivity index (χ0n) is 14.0. The van der Waals surface area contributed by atoms with Gasteiger partial charge in [-0.1, -0.05) is 0 Å². The molecule has 0 aromatic carbocycles. The summed E-state index contributed by atoms with van der Waals surface area (Å²) in [4.78, 5) is 34.4. The quantitative estimate of drug-likeness (QED) is 0.528. The molecular formula is C16H13N5O6. The third-order valence-electron chi connectivity index (χ3n) is 4.19. The van der Waals surface area contributed by atoms with Crippen molar-refractivity contribution in [2.45, 2.75) is 12.3 Å². The summed E-state index contributed by atoms with van der Waals surface area (Å²) in [6.45, 7) is 0. The minimum Gasteiger partial charge on any atom is -0.469 e. The standard InChI is InChI=1S/C16H13N5O6/c1-20-15-13(8(7-11(22)17-15)9-3-2-6-26-9)14(19-20)18-16(23)10-4-5-12(27-10)21(24)25/h2-6,8H,7H2,1H3,(H,17,22)(H,18,19,23). The number of aryl methyl sites for hydroxylation is 1. The van der Waals surface area contributed by atoms with Gasteiger partial charge in [-0.2, -0.15) is 5.10 Å². The van der Waals surface area contributed by atoms with Crippen LogP contribution < -0.4 is 10.6 Å². The van der Waals surface area contributed by atoms with Gasteiger partial charge in [0.25, 0.3) is 5.91 Å². The fourth-order valence-electron chi connectivity index (χ4n) is 3.03. The molecule has 11 heteroatoms. The Labute approximate surface area is 151 Å². The highest BCUT2D eigenvalue weighted by Gasteiger charge is 2.35. The third kappa shape index (κ3) is 2.84. The topological polar surface area (TPSA) is 145 Å². The van der Waals surface area contributed by atoms with E-state index in [2.05, 4.69) is 15.7 Å². The first-order valence-corrected chi connectivity index (χ1v) is 7.89. The van der Waals surface area contributed by atoms with Crippen LogP contribution in [0.15, 0.2) is 39.4 Å². The summed E-state index contributed by atoms with van der Waals surface area (Å²) in [5, 5.41) is 20.3. The number of carbonyl (C=O) groups excluding carboxylic acids is 2. The Balaban J connectivity index is 1.70. The van der Waals surface area contributed by atoms with Crippen LogP contribution in [0.5, 0.6) is 0 Å². The molecule has 27 heavy (non-hydrogen) atoms. The summed E-state index contributed by atoms with van der Waals surface area (Å²) in [7, 11) is 1.62. The van der Waals surface area contributed by atoms with E-state index < -0.39 is 22.6 Å². The van der Waals surface area contributed by atoms with Crippen LogP contribution in [0.4, 0.5) is 17.5 Å². The molecule has 0 bridgehead atoms. The van der Waals surface area contributed by atoms with Crippen LogP contribution in [0, 0.1) is 10.1 Å². The molecule has 3 aromatic heterocycles. The van der Waals surface area contributed by atoms with Crippen molar-refractivity contribution in [3.63, 3.8) is 0 Å². The fourth-order valence-corrected chi connectivity index (χ4v) is 3.03. The van der Waals surface area contributed by atoms with Crippen molar-refractivity contribution in [3.05, 3.63) is 57.7 Å². The minimum absolute atomic E-state index is 0.126. The predicted molar refractivity (Wildman–Crippen MR) is 90.3 cm³/mol. The number of hydrogen-bond donors (Lipinski definition) is 2. The SMILES string of the molecule is Cn1nc(NC(=O)c2ccc([N+](=O)[O-])o2)c2c1NC(=O)CC2c1ccco1. The Bertz CT molecular complexity index is 1050. The molecule has 138 valence electrons. The van der Waals surface area contributed by atoms with Crippen molar-refractivity contribution in [2.75, 3.05) is 10.6 Å². The molecule has 1 aliphatic heterocycles. The molecule has 4 heterocycles. The summed E-state index contributed by atoms with van der Waals surface area (Å²) in [5.41, 5.74) is 0.585. The molecule has 4 rings (SSSR count). The number of furan rings is 2. The molecule has 3 aromatic rings. The van der Waals surface area contributed by atoms with Gasteiger partial charge in [0.1, 0.15) is 16.5 Å². The fraction of sp³-hybridized carbons (Fsp3) is 0.188. The van der Waals surface area contributed by atoms with Crippen molar-refractivity contribution in [1.29, 1.82) is 0 Å². The molecule has 1 atom stereocenters. The number of nitrogens with zero attached hydrogens (tertiary/aromatic N) is 3. The van der Waals surface area contributed by atoms with Gasteiger partial charge in [-0.3, -0.25) is 24.4 Å². The lowest BCUT2D eigenvalue weighted by Crippen LogP contribution is -2.25. The molecule has 11 nitrogen and oxygen atoms in total. The number of carbonyl (C=O) groups is 2. The monoisotopic (exact) mass is 371 g/mol. The predicted octanol–water partition coefficient (Wildman–Crippen LogP) is 2.24. The number of hydrogen-bond acceptors (Lipinski definition) is 7. The van der Waals surface area contributed by atoms with Crippen LogP contribution in [0.25, 0.3) is 0 Å². The zero-order chi connectivity index (χ0) is 19.1. The molecule has 0 aliphatic carbocycles. The number of fused-ring (bicyclic) bond motifs is 1. The molecular weight excluding hydrogens is 358 g/mol. The van der Waals surface area contributed by atoms with E-state index in [-0.39, 0.29) is 23.9 Å². The Morgan fingerprint density at radius 2 is 2.26 bits per heavy atom. The largest absolute Gasteiger partial charge is 0.469 e. The second-order valence-corrected chi connectivity index (χ2v) is 5.90. The van der Waals surface area contributed by atoms with Crippen molar-refractivity contribution < 1.29 is 23.3 Å². The van der Waals surface area contributed by atoms with Gasteiger partial charge in [-0.25, -0.2) is 0 Å². The Kier molecular flexibility index (Phi) is 3.76. The maximum atomic E-state index is 12.4. The van der Waals surface area contributed by atoms with E-state index in [9.17, 15) is 19.7 Å². The van der Waals surface area contributed by atoms with Crippen molar-refractivity contribution in [1.82, 2.24) is 9.78 Å². The number of rotatable bonds is 4. The molecule has 0 saturated carbocycles. The van der Waals surface area contributed by atoms with Gasteiger partial charge >= 0.3 is 5.88 Å². The Morgan fingerprint density at radius 3 is 2.93 bits per heavy atom. The van der Waals surface area contributed by atoms with E-state index in [1.807, 2.05) is 0 Å². The van der Waals surface area contributed by atoms with Crippen molar-refractivity contribution in [2.24, 2.45) is 7.05 Å². The van der Waals surface area contributed by atoms with Crippen LogP contribution >= 0.6 is 0 Å². The highest BCUT2D eigenvalue weighted by atomic mass is 16.6. The number of amides is 2. The first-order valence-electron chi connectivity index (χ1n) is 7.89. The Morgan fingerprint density at radius 1 is 1.44 bits per heavy atom. The number of anilines is 2. The van der Waals surface area contributed by atoms with E-state index >= 15 is 0 Å². The summed E-state index contributed by atoms with van der Waals surface area (Å²) in [6.07, 6.45) is 1.62. The lowest BCUT2D eigenvalue weighted by atomic mass is 9.91. The van der Waals surface area contributed by atoms with Gasteiger partial charge < -0.3 is 19.5 Å². The molecule has 0 saturated heterocycles. The summed E-state index contributed by atoms with van der Waals surface area (Å²) in [6, 6.07) is 5.74. The van der Waals surface area contributed by atoms with Gasteiger partial charge in [0.2, 0.25) is 5.91 Å². The average molecular weight is 371 g/mol. The van der Waals surface area contributed by atoms with Crippen LogP contribution in [0.1, 0.15) is 34.2 Å². The van der Waals surface area contributed by atoms with E-state index in [4.69, 9.17) is 8.83 Å². The van der Waals surface area contributed by atoms with E-state index in [0.717, 1.165) is 6.07 Å². The first-order chi connectivity index (χ1) is 12.9. The van der Waals surface area contributed by atoms with Gasteiger partial charge in [-0.05, 0) is 18.2 Å². The van der Waals surface area contributed by atoms with Gasteiger partial charge in [-0.15, -0.1) is 0 Å². The van der Waals surface area contributed by atoms with E-state index in [0.29, 0.717) is 17.1 Å². The van der Waals surface area contributed by atoms with Crippen LogP contribution in [0.2, 0.25) is 0 Å². The maximum Gasteiger partial charge on any atom is 0.433 e. The van der Waals surface area contributed by atoms with Crippen molar-refractivity contribution >= 4 is 29.3 Å². The van der Waals surface area contributed by atoms with Crippen LogP contribution in [0.3, 0.4) is 0 Å². The summed E-state index contributed by atoms with van der Waals surface area (Å²) >= 11 is 0. The van der Waals surface area contributed by atoms with Crippen LogP contribution in [-0.4, -0.2) is 26.5 Å². The Hall–Kier alpha value is -3.89. The highest BCUT2D eigenvalue weighted by molar-refractivity contribution is 6.04. The van der Waals surface area contributed by atoms with E-state index in [1.165, 1.54) is 17.0 Å². The summed E-state index contributed by atoms with van der Waals surface area (Å²) in [5.74, 6) is -0.891. The molecule has 1 unspecified atom stereocenters. The average Bonchev–Trinajstić information content (AvgIpc) is 3.35. The highest BCUT2D eigenvalue weighted by Crippen LogP contribution is 2.41. The lowest BCUT2D eigenvalue weighted by molar-refractivity contribution is -0.402. The van der Waals surface area contributed by atoms with Gasteiger partial charge in [0.05, 0.1) is 23.8 Å². The molecule has 2 amide bonds. The van der Waals surface area contributed by atoms with Crippen LogP contribution in [-0.2, 0) is 11.8 Å². The lowest BCUT2D eigenvalue weighted by Gasteiger charge is -2.22. The number of nitro groups is 1. The second-order valence-electron chi connectivity index (χ2n) is 5.90. The molecule has 0 spiro atoms. The minimum atomic E-state index is -0.734. The van der Waals surface area contributed by atoms with Crippen molar-refractivity contribution in [3.8, 4) is 0 Å². The molecule has 1 aliphatic rings. The summed E-state index contributed by atoms with van der Waals surface area (Å²) < 4.78 is 11.8. The smallest absolute Gasteiger partial charge is 0.433 e. The normalized spacial score (nSPS) is 15.9. The molecule has 0 radical (unpaired) electrons. The zero-order valence-corrected chi connectivity index (χ0v) is 14.0. The van der Waals surface area contributed by atoms with Gasteiger partial charge in [0.15, 0.2) is 11.6 Å². The number of nitrogens with one attached hydrogen (secondary N) is 2. The van der Waals surface area contributed by atoms with Gasteiger partial charge in [0, 0.05) is 13.5 Å². The third-order valence-corrected chi connectivity index (χ3v) is 4.19.